The molecule has 0 aliphatic heterocycles. The molecule has 1 amide bonds. The second-order valence-corrected chi connectivity index (χ2v) is 7.83. The van der Waals surface area contributed by atoms with Crippen LogP contribution in [0.2, 0.25) is 0 Å². The Kier molecular flexibility index (Phi) is 6.31. The van der Waals surface area contributed by atoms with E-state index in [1.165, 1.54) is 48.8 Å². The second kappa shape index (κ2) is 9.48. The first-order chi connectivity index (χ1) is 15.5. The van der Waals surface area contributed by atoms with Gasteiger partial charge in [0.15, 0.2) is 0 Å². The highest BCUT2D eigenvalue weighted by Gasteiger charge is 2.14. The number of methoxy groups -OCH3 is 1. The predicted octanol–water partition coefficient (Wildman–Crippen LogP) is 3.14. The van der Waals surface area contributed by atoms with E-state index in [4.69, 9.17) is 4.74 Å². The van der Waals surface area contributed by atoms with Crippen molar-refractivity contribution < 1.29 is 13.9 Å². The SMILES string of the molecule is COc1cc(F)ccc1-c1ccc(=O)n(CC(=O)Nc2nnc(Cc3ccccc3)s2)n1. The number of aromatic nitrogens is 4. The Hall–Kier alpha value is -3.92. The van der Waals surface area contributed by atoms with Crippen molar-refractivity contribution in [2.24, 2.45) is 0 Å². The molecule has 0 bridgehead atoms. The zero-order chi connectivity index (χ0) is 22.5. The molecule has 162 valence electrons. The molecule has 0 spiro atoms. The summed E-state index contributed by atoms with van der Waals surface area (Å²) in [5.41, 5.74) is 1.50. The monoisotopic (exact) mass is 451 g/mol. The van der Waals surface area contributed by atoms with Crippen LogP contribution in [0.25, 0.3) is 11.3 Å². The van der Waals surface area contributed by atoms with Gasteiger partial charge in [0, 0.05) is 24.1 Å². The minimum Gasteiger partial charge on any atom is -0.496 e. The molecule has 32 heavy (non-hydrogen) atoms. The van der Waals surface area contributed by atoms with Crippen LogP contribution in [0.3, 0.4) is 0 Å². The van der Waals surface area contributed by atoms with E-state index in [1.54, 1.807) is 0 Å². The topological polar surface area (TPSA) is 99.0 Å². The Bertz CT molecular complexity index is 1310. The van der Waals surface area contributed by atoms with Gasteiger partial charge in [-0.05, 0) is 23.8 Å². The van der Waals surface area contributed by atoms with Crippen molar-refractivity contribution in [3.63, 3.8) is 0 Å². The van der Waals surface area contributed by atoms with Crippen molar-refractivity contribution in [2.75, 3.05) is 12.4 Å². The van der Waals surface area contributed by atoms with Crippen LogP contribution >= 0.6 is 11.3 Å². The van der Waals surface area contributed by atoms with Crippen LogP contribution < -0.4 is 15.6 Å². The van der Waals surface area contributed by atoms with E-state index in [9.17, 15) is 14.0 Å². The third kappa shape index (κ3) is 5.03. The first-order valence-electron chi connectivity index (χ1n) is 9.60. The molecule has 0 aliphatic rings. The molecule has 4 aromatic rings. The molecule has 0 unspecified atom stereocenters. The molecule has 1 N–H and O–H groups in total. The molecule has 0 fully saturated rings. The summed E-state index contributed by atoms with van der Waals surface area (Å²) in [6.45, 7) is -0.316. The maximum atomic E-state index is 13.5. The Balaban J connectivity index is 1.47. The lowest BCUT2D eigenvalue weighted by Crippen LogP contribution is -2.29. The fraction of sp³-hybridized carbons (Fsp3) is 0.136. The lowest BCUT2D eigenvalue weighted by Gasteiger charge is -2.10. The molecule has 4 rings (SSSR count). The van der Waals surface area contributed by atoms with Crippen LogP contribution in [0.1, 0.15) is 10.6 Å². The van der Waals surface area contributed by atoms with Gasteiger partial charge in [0.25, 0.3) is 5.56 Å². The molecule has 2 aromatic heterocycles. The minimum atomic E-state index is -0.467. The Labute approximate surface area is 186 Å². The first-order valence-corrected chi connectivity index (χ1v) is 10.4. The smallest absolute Gasteiger partial charge is 0.267 e. The number of carbonyl (C=O) groups excluding carboxylic acids is 1. The molecular weight excluding hydrogens is 433 g/mol. The average Bonchev–Trinajstić information content (AvgIpc) is 3.22. The van der Waals surface area contributed by atoms with Gasteiger partial charge in [-0.25, -0.2) is 9.07 Å². The molecule has 0 saturated heterocycles. The standard InChI is InChI=1S/C22H18FN5O3S/c1-31-18-12-15(23)7-8-16(18)17-9-10-21(30)28(27-17)13-19(29)24-22-26-25-20(32-22)11-14-5-3-2-4-6-14/h2-10,12H,11,13H2,1H3,(H,24,26,29). The number of carbonyl (C=O) groups is 1. The van der Waals surface area contributed by atoms with Gasteiger partial charge >= 0.3 is 0 Å². The number of halogens is 1. The van der Waals surface area contributed by atoms with Gasteiger partial charge in [-0.2, -0.15) is 5.10 Å². The lowest BCUT2D eigenvalue weighted by atomic mass is 10.1. The summed E-state index contributed by atoms with van der Waals surface area (Å²) in [4.78, 5) is 24.7. The van der Waals surface area contributed by atoms with Crippen LogP contribution in [-0.4, -0.2) is 33.0 Å². The van der Waals surface area contributed by atoms with E-state index in [-0.39, 0.29) is 12.3 Å². The van der Waals surface area contributed by atoms with Crippen LogP contribution in [0.15, 0.2) is 65.5 Å². The van der Waals surface area contributed by atoms with Crippen molar-refractivity contribution in [3.05, 3.63) is 87.4 Å². The molecule has 0 radical (unpaired) electrons. The highest BCUT2D eigenvalue weighted by Crippen LogP contribution is 2.28. The van der Waals surface area contributed by atoms with Crippen LogP contribution in [0.5, 0.6) is 5.75 Å². The molecular formula is C22H18FN5O3S. The van der Waals surface area contributed by atoms with Crippen LogP contribution in [0, 0.1) is 5.82 Å². The minimum absolute atomic E-state index is 0.270. The number of ether oxygens (including phenoxy) is 1. The first kappa shape index (κ1) is 21.3. The van der Waals surface area contributed by atoms with E-state index in [1.807, 2.05) is 30.3 Å². The molecule has 8 nitrogen and oxygen atoms in total. The maximum absolute atomic E-state index is 13.5. The van der Waals surface area contributed by atoms with E-state index >= 15 is 0 Å². The van der Waals surface area contributed by atoms with Gasteiger partial charge in [0.2, 0.25) is 11.0 Å². The van der Waals surface area contributed by atoms with Gasteiger partial charge in [0.05, 0.1) is 12.8 Å². The highest BCUT2D eigenvalue weighted by atomic mass is 32.1. The van der Waals surface area contributed by atoms with Gasteiger partial charge < -0.3 is 4.74 Å². The number of nitrogens with one attached hydrogen (secondary N) is 1. The predicted molar refractivity (Wildman–Crippen MR) is 118 cm³/mol. The average molecular weight is 451 g/mol. The largest absolute Gasteiger partial charge is 0.496 e. The van der Waals surface area contributed by atoms with E-state index in [0.717, 1.165) is 15.3 Å². The summed E-state index contributed by atoms with van der Waals surface area (Å²) in [5, 5.41) is 16.1. The summed E-state index contributed by atoms with van der Waals surface area (Å²) in [5.74, 6) is -0.654. The number of anilines is 1. The van der Waals surface area contributed by atoms with Gasteiger partial charge in [-0.15, -0.1) is 10.2 Å². The van der Waals surface area contributed by atoms with Gasteiger partial charge in [-0.1, -0.05) is 41.7 Å². The summed E-state index contributed by atoms with van der Waals surface area (Å²) in [7, 11) is 1.41. The molecule has 0 saturated carbocycles. The number of benzene rings is 2. The molecule has 0 aliphatic carbocycles. The number of hydrogen-bond donors (Lipinski definition) is 1. The summed E-state index contributed by atoms with van der Waals surface area (Å²) in [6, 6.07) is 16.6. The van der Waals surface area contributed by atoms with Gasteiger partial charge in [0.1, 0.15) is 23.1 Å². The summed E-state index contributed by atoms with van der Waals surface area (Å²) < 4.78 is 19.7. The summed E-state index contributed by atoms with van der Waals surface area (Å²) >= 11 is 1.26. The normalized spacial score (nSPS) is 10.7. The van der Waals surface area contributed by atoms with Crippen molar-refractivity contribution in [2.45, 2.75) is 13.0 Å². The highest BCUT2D eigenvalue weighted by molar-refractivity contribution is 7.15. The van der Waals surface area contributed by atoms with Gasteiger partial charge in [-0.3, -0.25) is 14.9 Å². The Morgan fingerprint density at radius 3 is 2.72 bits per heavy atom. The van der Waals surface area contributed by atoms with E-state index in [0.29, 0.717) is 22.8 Å². The van der Waals surface area contributed by atoms with Crippen molar-refractivity contribution in [3.8, 4) is 17.0 Å². The Morgan fingerprint density at radius 1 is 1.12 bits per heavy atom. The quantitative estimate of drug-likeness (QED) is 0.464. The zero-order valence-electron chi connectivity index (χ0n) is 17.0. The van der Waals surface area contributed by atoms with Crippen molar-refractivity contribution in [1.82, 2.24) is 20.0 Å². The van der Waals surface area contributed by atoms with E-state index in [2.05, 4.69) is 20.6 Å². The van der Waals surface area contributed by atoms with Crippen molar-refractivity contribution >= 4 is 22.4 Å². The Morgan fingerprint density at radius 2 is 1.94 bits per heavy atom. The third-order valence-corrected chi connectivity index (χ3v) is 5.35. The number of amides is 1. The number of rotatable bonds is 7. The van der Waals surface area contributed by atoms with Crippen LogP contribution in [-0.2, 0) is 17.8 Å². The lowest BCUT2D eigenvalue weighted by molar-refractivity contribution is -0.117. The fourth-order valence-electron chi connectivity index (χ4n) is 3.02. The number of nitrogens with zero attached hydrogens (tertiary/aromatic N) is 4. The maximum Gasteiger partial charge on any atom is 0.267 e. The number of hydrogen-bond acceptors (Lipinski definition) is 7. The molecule has 10 heteroatoms. The van der Waals surface area contributed by atoms with Crippen molar-refractivity contribution in [1.29, 1.82) is 0 Å². The van der Waals surface area contributed by atoms with E-state index < -0.39 is 17.3 Å². The zero-order valence-corrected chi connectivity index (χ0v) is 17.8. The molecule has 2 heterocycles. The second-order valence-electron chi connectivity index (χ2n) is 6.77. The fourth-order valence-corrected chi connectivity index (χ4v) is 3.81. The molecule has 2 aromatic carbocycles. The molecule has 0 atom stereocenters. The third-order valence-electron chi connectivity index (χ3n) is 4.51. The summed E-state index contributed by atoms with van der Waals surface area (Å²) in [6.07, 6.45) is 0.608. The van der Waals surface area contributed by atoms with Crippen LogP contribution in [0.4, 0.5) is 9.52 Å².